The first-order chi connectivity index (χ1) is 22.1. The fraction of sp³-hybridized carbons (Fsp3) is 0.371. The maximum absolute atomic E-state index is 13.6. The van der Waals surface area contributed by atoms with Crippen molar-refractivity contribution in [2.75, 3.05) is 41.9 Å². The predicted molar refractivity (Wildman–Crippen MR) is 177 cm³/mol. The van der Waals surface area contributed by atoms with Crippen molar-refractivity contribution in [1.29, 1.82) is 0 Å². The number of hydrogen-bond acceptors (Lipinski definition) is 6. The Morgan fingerprint density at radius 1 is 0.872 bits per heavy atom. The average Bonchev–Trinajstić information content (AvgIpc) is 2.97. The van der Waals surface area contributed by atoms with Crippen molar-refractivity contribution in [1.82, 2.24) is 5.32 Å². The number of halogens is 2. The van der Waals surface area contributed by atoms with Crippen LogP contribution >= 0.6 is 0 Å². The quantitative estimate of drug-likeness (QED) is 0.216. The molecule has 0 atom stereocenters. The minimum absolute atomic E-state index is 0.0400. The second-order valence-corrected chi connectivity index (χ2v) is 12.4. The van der Waals surface area contributed by atoms with E-state index in [0.717, 1.165) is 17.0 Å². The van der Waals surface area contributed by atoms with Crippen LogP contribution in [0.5, 0.6) is 5.75 Å². The van der Waals surface area contributed by atoms with Gasteiger partial charge in [0.05, 0.1) is 13.0 Å². The lowest BCUT2D eigenvalue weighted by molar-refractivity contribution is -0.153. The average molecular weight is 653 g/mol. The van der Waals surface area contributed by atoms with Crippen molar-refractivity contribution in [2.45, 2.75) is 53.1 Å². The fourth-order valence-electron chi connectivity index (χ4n) is 4.38. The van der Waals surface area contributed by atoms with Crippen LogP contribution < -0.4 is 25.2 Å². The number of nitrogens with zero attached hydrogens (tertiary/aromatic N) is 2. The van der Waals surface area contributed by atoms with Gasteiger partial charge in [0.15, 0.2) is 6.61 Å². The van der Waals surface area contributed by atoms with E-state index in [1.807, 2.05) is 13.8 Å². The Kier molecular flexibility index (Phi) is 12.8. The molecule has 0 aliphatic carbocycles. The van der Waals surface area contributed by atoms with Crippen molar-refractivity contribution in [2.24, 2.45) is 5.92 Å². The van der Waals surface area contributed by atoms with E-state index in [-0.39, 0.29) is 36.4 Å². The van der Waals surface area contributed by atoms with Crippen molar-refractivity contribution >= 4 is 40.9 Å². The Morgan fingerprint density at radius 3 is 2.21 bits per heavy atom. The van der Waals surface area contributed by atoms with Gasteiger partial charge in [-0.1, -0.05) is 32.0 Å². The second kappa shape index (κ2) is 16.5. The molecule has 0 aliphatic rings. The van der Waals surface area contributed by atoms with Gasteiger partial charge in [-0.25, -0.2) is 13.6 Å². The number of carbonyl (C=O) groups excluding carboxylic acids is 4. The first kappa shape index (κ1) is 36.5. The number of likely N-dealkylation sites (N-methyl/N-ethyl adjacent to an activating group) is 1. The third-order valence-electron chi connectivity index (χ3n) is 6.68. The van der Waals surface area contributed by atoms with Gasteiger partial charge in [-0.3, -0.25) is 14.4 Å². The number of amides is 4. The van der Waals surface area contributed by atoms with Crippen LogP contribution in [-0.2, 0) is 25.5 Å². The summed E-state index contributed by atoms with van der Waals surface area (Å²) in [7, 11) is 1.38. The smallest absolute Gasteiger partial charge is 0.319 e. The Morgan fingerprint density at radius 2 is 1.55 bits per heavy atom. The first-order valence-electron chi connectivity index (χ1n) is 15.2. The highest BCUT2D eigenvalue weighted by Gasteiger charge is 2.20. The Bertz CT molecular complexity index is 1550. The molecule has 12 heteroatoms. The normalized spacial score (nSPS) is 11.1. The summed E-state index contributed by atoms with van der Waals surface area (Å²) in [4.78, 5) is 53.5. The Hall–Kier alpha value is -5.00. The minimum atomic E-state index is -0.809. The van der Waals surface area contributed by atoms with Gasteiger partial charge in [0.2, 0.25) is 5.91 Å². The summed E-state index contributed by atoms with van der Waals surface area (Å²) in [6.45, 7) is 9.05. The van der Waals surface area contributed by atoms with E-state index in [1.165, 1.54) is 11.9 Å². The SMILES string of the molecule is CC(C)CCN(C(=O)CNC(=O)Nc1cccc(CC(=O)OC(C)(C)C)c1)c1cccc(OCC(=O)N(C)c2cc(F)cc(F)c2)c1. The van der Waals surface area contributed by atoms with Crippen LogP contribution in [0.25, 0.3) is 0 Å². The standard InChI is InChI=1S/C35H42F2N4O6/c1-23(2)13-14-41(28-11-8-12-30(20-28)46-22-32(43)40(6)29-18-25(36)17-26(37)19-29)31(42)21-38-34(45)39-27-10-7-9-24(15-27)16-33(44)47-35(3,4)5/h7-12,15,17-20,23H,13-14,16,21-22H2,1-6H3,(H2,38,39,45). The lowest BCUT2D eigenvalue weighted by Crippen LogP contribution is -2.42. The molecule has 0 saturated heterocycles. The minimum Gasteiger partial charge on any atom is -0.484 e. The fourth-order valence-corrected chi connectivity index (χ4v) is 4.38. The third kappa shape index (κ3) is 12.4. The maximum Gasteiger partial charge on any atom is 0.319 e. The van der Waals surface area contributed by atoms with Crippen LogP contribution in [0.3, 0.4) is 0 Å². The molecule has 0 radical (unpaired) electrons. The topological polar surface area (TPSA) is 117 Å². The highest BCUT2D eigenvalue weighted by molar-refractivity contribution is 5.99. The van der Waals surface area contributed by atoms with E-state index in [9.17, 15) is 28.0 Å². The largest absolute Gasteiger partial charge is 0.484 e. The van der Waals surface area contributed by atoms with Crippen LogP contribution in [0, 0.1) is 17.6 Å². The molecule has 47 heavy (non-hydrogen) atoms. The van der Waals surface area contributed by atoms with Crippen LogP contribution in [0.15, 0.2) is 66.7 Å². The molecule has 0 saturated carbocycles. The summed E-state index contributed by atoms with van der Waals surface area (Å²) >= 11 is 0. The summed E-state index contributed by atoms with van der Waals surface area (Å²) in [5.41, 5.74) is 1.03. The highest BCUT2D eigenvalue weighted by atomic mass is 19.1. The number of carbonyl (C=O) groups is 4. The lowest BCUT2D eigenvalue weighted by Gasteiger charge is -2.25. The number of rotatable bonds is 13. The molecule has 0 fully saturated rings. The van der Waals surface area contributed by atoms with E-state index in [0.29, 0.717) is 41.7 Å². The summed E-state index contributed by atoms with van der Waals surface area (Å²) in [6.07, 6.45) is 0.722. The van der Waals surface area contributed by atoms with Crippen LogP contribution in [0.1, 0.15) is 46.6 Å². The number of hydrogen-bond donors (Lipinski definition) is 2. The van der Waals surface area contributed by atoms with Gasteiger partial charge in [0, 0.05) is 42.8 Å². The summed E-state index contributed by atoms with van der Waals surface area (Å²) in [6, 6.07) is 15.6. The van der Waals surface area contributed by atoms with Crippen molar-refractivity contribution in [3.05, 3.63) is 83.9 Å². The molecule has 0 heterocycles. The summed E-state index contributed by atoms with van der Waals surface area (Å²) in [5.74, 6) is -2.34. The van der Waals surface area contributed by atoms with Crippen molar-refractivity contribution < 1.29 is 37.4 Å². The van der Waals surface area contributed by atoms with Crippen molar-refractivity contribution in [3.63, 3.8) is 0 Å². The van der Waals surface area contributed by atoms with Gasteiger partial charge < -0.3 is 29.9 Å². The molecule has 252 valence electrons. The van der Waals surface area contributed by atoms with Gasteiger partial charge >= 0.3 is 12.0 Å². The molecular weight excluding hydrogens is 610 g/mol. The molecule has 3 aromatic rings. The van der Waals surface area contributed by atoms with E-state index in [2.05, 4.69) is 10.6 Å². The van der Waals surface area contributed by atoms with Crippen LogP contribution in [0.2, 0.25) is 0 Å². The number of esters is 1. The summed E-state index contributed by atoms with van der Waals surface area (Å²) in [5, 5.41) is 5.26. The third-order valence-corrected chi connectivity index (χ3v) is 6.68. The molecule has 0 aliphatic heterocycles. The van der Waals surface area contributed by atoms with E-state index in [1.54, 1.807) is 69.3 Å². The first-order valence-corrected chi connectivity index (χ1v) is 15.2. The van der Waals surface area contributed by atoms with Gasteiger partial charge in [0.1, 0.15) is 23.0 Å². The number of nitrogens with one attached hydrogen (secondary N) is 2. The maximum atomic E-state index is 13.6. The monoisotopic (exact) mass is 652 g/mol. The van der Waals surface area contributed by atoms with Crippen LogP contribution in [0.4, 0.5) is 30.6 Å². The molecule has 0 unspecified atom stereocenters. The molecule has 0 spiro atoms. The van der Waals surface area contributed by atoms with Gasteiger partial charge in [0.25, 0.3) is 5.91 Å². The Labute approximate surface area is 274 Å². The number of anilines is 3. The zero-order valence-electron chi connectivity index (χ0n) is 27.6. The lowest BCUT2D eigenvalue weighted by atomic mass is 10.1. The zero-order chi connectivity index (χ0) is 34.7. The van der Waals surface area contributed by atoms with Gasteiger partial charge in [-0.2, -0.15) is 0 Å². The number of ether oxygens (including phenoxy) is 2. The van der Waals surface area contributed by atoms with E-state index in [4.69, 9.17) is 9.47 Å². The molecule has 0 aromatic heterocycles. The van der Waals surface area contributed by atoms with Gasteiger partial charge in [-0.15, -0.1) is 0 Å². The van der Waals surface area contributed by atoms with E-state index < -0.39 is 35.8 Å². The zero-order valence-corrected chi connectivity index (χ0v) is 27.6. The molecule has 10 nitrogen and oxygen atoms in total. The van der Waals surface area contributed by atoms with Crippen LogP contribution in [-0.4, -0.2) is 56.2 Å². The Balaban J connectivity index is 1.62. The van der Waals surface area contributed by atoms with Gasteiger partial charge in [-0.05, 0) is 75.1 Å². The molecule has 4 amide bonds. The summed E-state index contributed by atoms with van der Waals surface area (Å²) < 4.78 is 38.2. The predicted octanol–water partition coefficient (Wildman–Crippen LogP) is 6.09. The highest BCUT2D eigenvalue weighted by Crippen LogP contribution is 2.23. The number of urea groups is 1. The molecular formula is C35H42F2N4O6. The number of benzene rings is 3. The molecule has 2 N–H and O–H groups in total. The van der Waals surface area contributed by atoms with E-state index >= 15 is 0 Å². The molecule has 0 bridgehead atoms. The molecule has 3 aromatic carbocycles. The van der Waals surface area contributed by atoms with Crippen molar-refractivity contribution in [3.8, 4) is 5.75 Å². The molecule has 3 rings (SSSR count). The second-order valence-electron chi connectivity index (χ2n) is 12.4.